The number of hydrogen-bond donors (Lipinski definition) is 1. The minimum atomic E-state index is -0.230. The Balaban J connectivity index is 3.24. The molecule has 0 aromatic rings. The Kier molecular flexibility index (Phi) is 7.51. The van der Waals surface area contributed by atoms with E-state index >= 15 is 0 Å². The molecular formula is C10H23NO. The fourth-order valence-electron chi connectivity index (χ4n) is 1.18. The summed E-state index contributed by atoms with van der Waals surface area (Å²) < 4.78 is 0. The Bertz CT molecular complexity index is 95.8. The highest BCUT2D eigenvalue weighted by atomic mass is 16.3. The summed E-state index contributed by atoms with van der Waals surface area (Å²) in [5, 5.41) is 9.54. The number of unbranched alkanes of at least 4 members (excludes halogenated alkanes) is 3. The van der Waals surface area contributed by atoms with E-state index in [-0.39, 0.29) is 6.23 Å². The van der Waals surface area contributed by atoms with Crippen molar-refractivity contribution < 1.29 is 5.11 Å². The van der Waals surface area contributed by atoms with Crippen LogP contribution in [0.1, 0.15) is 46.0 Å². The predicted molar refractivity (Wildman–Crippen MR) is 53.1 cm³/mol. The highest BCUT2D eigenvalue weighted by Crippen LogP contribution is 2.07. The van der Waals surface area contributed by atoms with Crippen LogP contribution in [0.5, 0.6) is 0 Å². The van der Waals surface area contributed by atoms with E-state index in [2.05, 4.69) is 13.8 Å². The summed E-state index contributed by atoms with van der Waals surface area (Å²) in [6.45, 7) is 5.19. The minimum absolute atomic E-state index is 0.230. The van der Waals surface area contributed by atoms with E-state index in [1.807, 2.05) is 11.9 Å². The van der Waals surface area contributed by atoms with E-state index in [4.69, 9.17) is 0 Å². The van der Waals surface area contributed by atoms with E-state index in [0.717, 1.165) is 19.4 Å². The molecule has 0 aromatic heterocycles. The van der Waals surface area contributed by atoms with Gasteiger partial charge >= 0.3 is 0 Å². The van der Waals surface area contributed by atoms with Gasteiger partial charge in [0.25, 0.3) is 0 Å². The van der Waals surface area contributed by atoms with E-state index in [0.29, 0.717) is 0 Å². The monoisotopic (exact) mass is 173 g/mol. The molecule has 0 aliphatic rings. The third-order valence-electron chi connectivity index (χ3n) is 2.32. The SMILES string of the molecule is CCCCCCC(O)N(C)CC. The first-order valence-electron chi connectivity index (χ1n) is 5.10. The van der Waals surface area contributed by atoms with Gasteiger partial charge in [-0.15, -0.1) is 0 Å². The number of nitrogens with zero attached hydrogens (tertiary/aromatic N) is 1. The first-order chi connectivity index (χ1) is 5.72. The van der Waals surface area contributed by atoms with Crippen LogP contribution >= 0.6 is 0 Å². The third-order valence-corrected chi connectivity index (χ3v) is 2.32. The highest BCUT2D eigenvalue weighted by molar-refractivity contribution is 4.54. The molecule has 0 aliphatic carbocycles. The maximum Gasteiger partial charge on any atom is 0.107 e. The molecular weight excluding hydrogens is 150 g/mol. The van der Waals surface area contributed by atoms with Crippen molar-refractivity contribution in [2.24, 2.45) is 0 Å². The predicted octanol–water partition coefficient (Wildman–Crippen LogP) is 2.23. The zero-order chi connectivity index (χ0) is 9.40. The zero-order valence-electron chi connectivity index (χ0n) is 8.71. The van der Waals surface area contributed by atoms with Gasteiger partial charge in [-0.05, 0) is 26.4 Å². The van der Waals surface area contributed by atoms with Crippen LogP contribution in [0.3, 0.4) is 0 Å². The lowest BCUT2D eigenvalue weighted by Crippen LogP contribution is -2.30. The summed E-state index contributed by atoms with van der Waals surface area (Å²) in [6, 6.07) is 0. The Morgan fingerprint density at radius 1 is 1.17 bits per heavy atom. The normalized spacial score (nSPS) is 13.8. The summed E-state index contributed by atoms with van der Waals surface area (Å²) in [7, 11) is 1.96. The van der Waals surface area contributed by atoms with E-state index in [9.17, 15) is 5.11 Å². The van der Waals surface area contributed by atoms with E-state index < -0.39 is 0 Å². The molecule has 74 valence electrons. The number of rotatable bonds is 7. The second kappa shape index (κ2) is 7.56. The quantitative estimate of drug-likeness (QED) is 0.471. The lowest BCUT2D eigenvalue weighted by Gasteiger charge is -2.21. The van der Waals surface area contributed by atoms with Crippen molar-refractivity contribution in [3.05, 3.63) is 0 Å². The van der Waals surface area contributed by atoms with Crippen molar-refractivity contribution in [2.45, 2.75) is 52.2 Å². The van der Waals surface area contributed by atoms with Crippen molar-refractivity contribution in [1.82, 2.24) is 4.90 Å². The molecule has 1 unspecified atom stereocenters. The molecule has 0 saturated heterocycles. The van der Waals surface area contributed by atoms with Crippen LogP contribution in [0, 0.1) is 0 Å². The maximum absolute atomic E-state index is 9.54. The molecule has 1 atom stereocenters. The van der Waals surface area contributed by atoms with Crippen molar-refractivity contribution in [3.8, 4) is 0 Å². The number of aliphatic hydroxyl groups is 1. The molecule has 0 bridgehead atoms. The lowest BCUT2D eigenvalue weighted by molar-refractivity contribution is 0.0173. The standard InChI is InChI=1S/C10H23NO/c1-4-6-7-8-9-10(12)11(3)5-2/h10,12H,4-9H2,1-3H3. The van der Waals surface area contributed by atoms with E-state index in [1.165, 1.54) is 19.3 Å². The first kappa shape index (κ1) is 11.9. The van der Waals surface area contributed by atoms with Crippen LogP contribution in [-0.2, 0) is 0 Å². The summed E-state index contributed by atoms with van der Waals surface area (Å²) in [6.07, 6.45) is 5.66. The van der Waals surface area contributed by atoms with Gasteiger partial charge < -0.3 is 5.11 Å². The molecule has 0 fully saturated rings. The highest BCUT2D eigenvalue weighted by Gasteiger charge is 2.07. The van der Waals surface area contributed by atoms with Gasteiger partial charge in [0.2, 0.25) is 0 Å². The number of aliphatic hydroxyl groups excluding tert-OH is 1. The summed E-state index contributed by atoms with van der Waals surface area (Å²) in [4.78, 5) is 1.98. The zero-order valence-corrected chi connectivity index (χ0v) is 8.71. The average Bonchev–Trinajstić information content (AvgIpc) is 2.10. The van der Waals surface area contributed by atoms with Crippen molar-refractivity contribution in [2.75, 3.05) is 13.6 Å². The Morgan fingerprint density at radius 2 is 1.83 bits per heavy atom. The van der Waals surface area contributed by atoms with Crippen molar-refractivity contribution in [1.29, 1.82) is 0 Å². The van der Waals surface area contributed by atoms with Crippen LogP contribution in [0.25, 0.3) is 0 Å². The van der Waals surface area contributed by atoms with Crippen LogP contribution in [0.4, 0.5) is 0 Å². The van der Waals surface area contributed by atoms with Crippen LogP contribution < -0.4 is 0 Å². The lowest BCUT2D eigenvalue weighted by atomic mass is 10.1. The third kappa shape index (κ3) is 5.56. The topological polar surface area (TPSA) is 23.5 Å². The van der Waals surface area contributed by atoms with Crippen LogP contribution in [0.2, 0.25) is 0 Å². The Hall–Kier alpha value is -0.0800. The van der Waals surface area contributed by atoms with Gasteiger partial charge in [0.1, 0.15) is 6.23 Å². The molecule has 1 N–H and O–H groups in total. The molecule has 0 rings (SSSR count). The molecule has 2 heteroatoms. The second-order valence-electron chi connectivity index (χ2n) is 3.40. The summed E-state index contributed by atoms with van der Waals surface area (Å²) in [5.74, 6) is 0. The Morgan fingerprint density at radius 3 is 2.33 bits per heavy atom. The molecule has 0 spiro atoms. The molecule has 2 nitrogen and oxygen atoms in total. The molecule has 0 aliphatic heterocycles. The van der Waals surface area contributed by atoms with Gasteiger partial charge in [-0.3, -0.25) is 4.90 Å². The van der Waals surface area contributed by atoms with Gasteiger partial charge in [0, 0.05) is 0 Å². The molecule has 0 amide bonds. The van der Waals surface area contributed by atoms with E-state index in [1.54, 1.807) is 0 Å². The van der Waals surface area contributed by atoms with Crippen LogP contribution in [0.15, 0.2) is 0 Å². The molecule has 0 heterocycles. The second-order valence-corrected chi connectivity index (χ2v) is 3.40. The summed E-state index contributed by atoms with van der Waals surface area (Å²) in [5.41, 5.74) is 0. The summed E-state index contributed by atoms with van der Waals surface area (Å²) >= 11 is 0. The van der Waals surface area contributed by atoms with Gasteiger partial charge in [0.15, 0.2) is 0 Å². The van der Waals surface area contributed by atoms with Crippen LogP contribution in [-0.4, -0.2) is 29.8 Å². The molecule has 0 aromatic carbocycles. The minimum Gasteiger partial charge on any atom is -0.378 e. The number of hydrogen-bond acceptors (Lipinski definition) is 2. The van der Waals surface area contributed by atoms with Crippen molar-refractivity contribution in [3.63, 3.8) is 0 Å². The van der Waals surface area contributed by atoms with Gasteiger partial charge in [-0.25, -0.2) is 0 Å². The largest absolute Gasteiger partial charge is 0.378 e. The van der Waals surface area contributed by atoms with Crippen molar-refractivity contribution >= 4 is 0 Å². The molecule has 0 saturated carbocycles. The Labute approximate surface area is 76.6 Å². The van der Waals surface area contributed by atoms with Gasteiger partial charge in [-0.1, -0.05) is 33.1 Å². The van der Waals surface area contributed by atoms with Gasteiger partial charge in [0.05, 0.1) is 0 Å². The maximum atomic E-state index is 9.54. The molecule has 12 heavy (non-hydrogen) atoms. The molecule has 0 radical (unpaired) electrons. The first-order valence-corrected chi connectivity index (χ1v) is 5.10. The average molecular weight is 173 g/mol. The van der Waals surface area contributed by atoms with Gasteiger partial charge in [-0.2, -0.15) is 0 Å². The smallest absolute Gasteiger partial charge is 0.107 e. The fraction of sp³-hybridized carbons (Fsp3) is 1.00. The fourth-order valence-corrected chi connectivity index (χ4v) is 1.18.